The van der Waals surface area contributed by atoms with E-state index in [1.807, 2.05) is 31.2 Å². The molecule has 0 fully saturated rings. The molecule has 1 heterocycles. The number of rotatable bonds is 6. The minimum atomic E-state index is -0.561. The van der Waals surface area contributed by atoms with Crippen molar-refractivity contribution in [2.24, 2.45) is 0 Å². The van der Waals surface area contributed by atoms with Crippen molar-refractivity contribution in [1.29, 1.82) is 0 Å². The summed E-state index contributed by atoms with van der Waals surface area (Å²) in [4.78, 5) is 27.3. The summed E-state index contributed by atoms with van der Waals surface area (Å²) < 4.78 is 19.2. The van der Waals surface area contributed by atoms with E-state index in [1.54, 1.807) is 41.3 Å². The normalized spacial score (nSPS) is 15.5. The number of halogens is 1. The second-order valence-corrected chi connectivity index (χ2v) is 7.79. The number of nitrogens with zero attached hydrogens (tertiary/aromatic N) is 1. The van der Waals surface area contributed by atoms with Gasteiger partial charge in [0.2, 0.25) is 0 Å². The highest BCUT2D eigenvalue weighted by molar-refractivity contribution is 6.04. The van der Waals surface area contributed by atoms with Crippen molar-refractivity contribution in [3.05, 3.63) is 95.3 Å². The molecular formula is C26H25FN2O3. The molecule has 1 aliphatic heterocycles. The fourth-order valence-electron chi connectivity index (χ4n) is 3.74. The van der Waals surface area contributed by atoms with Crippen LogP contribution in [0.4, 0.5) is 10.1 Å². The van der Waals surface area contributed by atoms with E-state index in [0.717, 1.165) is 11.1 Å². The smallest absolute Gasteiger partial charge is 0.263 e. The molecule has 32 heavy (non-hydrogen) atoms. The second-order valence-electron chi connectivity index (χ2n) is 7.79. The first-order chi connectivity index (χ1) is 15.5. The summed E-state index contributed by atoms with van der Waals surface area (Å²) in [6.07, 6.45) is 0.606. The van der Waals surface area contributed by atoms with Gasteiger partial charge in [-0.3, -0.25) is 9.59 Å². The molecule has 0 aromatic heterocycles. The molecule has 0 aliphatic carbocycles. The zero-order chi connectivity index (χ0) is 22.5. The standard InChI is InChI=1S/C26H25FN2O3/c1-2-23-26(31)29(15-14-18-8-10-21(27)11-9-18)17-20-16-22(12-13-24(20)32-23)28-25(30)19-6-4-3-5-7-19/h3-13,16,23H,2,14-15,17H2,1H3,(H,28,30). The number of carbonyl (C=O) groups excluding carboxylic acids is 2. The Morgan fingerprint density at radius 3 is 2.56 bits per heavy atom. The molecule has 3 aromatic carbocycles. The molecule has 1 atom stereocenters. The van der Waals surface area contributed by atoms with Gasteiger partial charge in [-0.05, 0) is 60.9 Å². The Morgan fingerprint density at radius 2 is 1.84 bits per heavy atom. The highest BCUT2D eigenvalue weighted by Gasteiger charge is 2.29. The first-order valence-electron chi connectivity index (χ1n) is 10.7. The lowest BCUT2D eigenvalue weighted by Gasteiger charge is -2.23. The van der Waals surface area contributed by atoms with Gasteiger partial charge in [0.25, 0.3) is 11.8 Å². The maximum Gasteiger partial charge on any atom is 0.263 e. The molecular weight excluding hydrogens is 407 g/mol. The van der Waals surface area contributed by atoms with E-state index in [0.29, 0.717) is 42.9 Å². The monoisotopic (exact) mass is 432 g/mol. The molecule has 0 spiro atoms. The summed E-state index contributed by atoms with van der Waals surface area (Å²) in [6, 6.07) is 20.7. The van der Waals surface area contributed by atoms with Gasteiger partial charge in [0.1, 0.15) is 11.6 Å². The maximum atomic E-state index is 13.2. The van der Waals surface area contributed by atoms with Crippen molar-refractivity contribution in [3.8, 4) is 5.75 Å². The van der Waals surface area contributed by atoms with Crippen LogP contribution in [-0.2, 0) is 17.8 Å². The number of hydrogen-bond acceptors (Lipinski definition) is 3. The Bertz CT molecular complexity index is 1100. The topological polar surface area (TPSA) is 58.6 Å². The van der Waals surface area contributed by atoms with E-state index in [-0.39, 0.29) is 17.6 Å². The summed E-state index contributed by atoms with van der Waals surface area (Å²) >= 11 is 0. The van der Waals surface area contributed by atoms with Gasteiger partial charge in [-0.2, -0.15) is 0 Å². The Kier molecular flexibility index (Phi) is 6.50. The number of benzene rings is 3. The molecule has 6 heteroatoms. The Morgan fingerprint density at radius 1 is 1.09 bits per heavy atom. The van der Waals surface area contributed by atoms with E-state index in [4.69, 9.17) is 4.74 Å². The average Bonchev–Trinajstić information content (AvgIpc) is 2.95. The highest BCUT2D eigenvalue weighted by Crippen LogP contribution is 2.29. The van der Waals surface area contributed by atoms with Crippen LogP contribution in [-0.4, -0.2) is 29.4 Å². The first-order valence-corrected chi connectivity index (χ1v) is 10.7. The van der Waals surface area contributed by atoms with E-state index >= 15 is 0 Å². The third kappa shape index (κ3) is 4.97. The van der Waals surface area contributed by atoms with Gasteiger partial charge in [0, 0.05) is 29.9 Å². The molecule has 3 aromatic rings. The zero-order valence-electron chi connectivity index (χ0n) is 17.9. The van der Waals surface area contributed by atoms with E-state index in [1.165, 1.54) is 12.1 Å². The molecule has 1 N–H and O–H groups in total. The second kappa shape index (κ2) is 9.64. The third-order valence-electron chi connectivity index (χ3n) is 5.53. The van der Waals surface area contributed by atoms with Crippen LogP contribution in [0.3, 0.4) is 0 Å². The fourth-order valence-corrected chi connectivity index (χ4v) is 3.74. The molecule has 0 radical (unpaired) electrons. The van der Waals surface area contributed by atoms with Crippen LogP contribution in [0.15, 0.2) is 72.8 Å². The Balaban J connectivity index is 1.53. The number of amides is 2. The van der Waals surface area contributed by atoms with Crippen molar-refractivity contribution in [3.63, 3.8) is 0 Å². The van der Waals surface area contributed by atoms with Crippen molar-refractivity contribution in [2.75, 3.05) is 11.9 Å². The number of fused-ring (bicyclic) bond motifs is 1. The van der Waals surface area contributed by atoms with Crippen molar-refractivity contribution in [1.82, 2.24) is 4.90 Å². The van der Waals surface area contributed by atoms with Crippen LogP contribution in [0.25, 0.3) is 0 Å². The van der Waals surface area contributed by atoms with Gasteiger partial charge in [0.05, 0.1) is 0 Å². The number of ether oxygens (including phenoxy) is 1. The van der Waals surface area contributed by atoms with E-state index in [9.17, 15) is 14.0 Å². The molecule has 0 bridgehead atoms. The van der Waals surface area contributed by atoms with Crippen LogP contribution in [0.2, 0.25) is 0 Å². The quantitative estimate of drug-likeness (QED) is 0.608. The number of carbonyl (C=O) groups is 2. The van der Waals surface area contributed by atoms with Crippen LogP contribution in [0, 0.1) is 5.82 Å². The molecule has 0 saturated carbocycles. The molecule has 2 amide bonds. The van der Waals surface area contributed by atoms with E-state index < -0.39 is 6.10 Å². The van der Waals surface area contributed by atoms with Crippen LogP contribution in [0.5, 0.6) is 5.75 Å². The lowest BCUT2D eigenvalue weighted by atomic mass is 10.1. The predicted molar refractivity (Wildman–Crippen MR) is 121 cm³/mol. The first kappa shape index (κ1) is 21.6. The molecule has 164 valence electrons. The predicted octanol–water partition coefficient (Wildman–Crippen LogP) is 4.82. The lowest BCUT2D eigenvalue weighted by molar-refractivity contribution is -0.138. The van der Waals surface area contributed by atoms with Crippen LogP contribution in [0.1, 0.15) is 34.8 Å². The van der Waals surface area contributed by atoms with Crippen LogP contribution >= 0.6 is 0 Å². The summed E-state index contributed by atoms with van der Waals surface area (Å²) in [5.74, 6) is 0.0988. The molecule has 5 nitrogen and oxygen atoms in total. The summed E-state index contributed by atoms with van der Waals surface area (Å²) in [5, 5.41) is 2.91. The SMILES string of the molecule is CCC1Oc2ccc(NC(=O)c3ccccc3)cc2CN(CCc2ccc(F)cc2)C1=O. The average molecular weight is 432 g/mol. The largest absolute Gasteiger partial charge is 0.480 e. The molecule has 1 aliphatic rings. The van der Waals surface area contributed by atoms with Gasteiger partial charge in [-0.25, -0.2) is 4.39 Å². The number of nitrogens with one attached hydrogen (secondary N) is 1. The third-order valence-corrected chi connectivity index (χ3v) is 5.53. The minimum absolute atomic E-state index is 0.0688. The zero-order valence-corrected chi connectivity index (χ0v) is 17.9. The number of anilines is 1. The maximum absolute atomic E-state index is 13.2. The van der Waals surface area contributed by atoms with Crippen LogP contribution < -0.4 is 10.1 Å². The Labute approximate surface area is 186 Å². The fraction of sp³-hybridized carbons (Fsp3) is 0.231. The summed E-state index contributed by atoms with van der Waals surface area (Å²) in [6.45, 7) is 2.78. The molecule has 0 saturated heterocycles. The van der Waals surface area contributed by atoms with Crippen molar-refractivity contribution < 1.29 is 18.7 Å². The number of hydrogen-bond donors (Lipinski definition) is 1. The minimum Gasteiger partial charge on any atom is -0.480 e. The molecule has 4 rings (SSSR count). The van der Waals surface area contributed by atoms with Crippen molar-refractivity contribution in [2.45, 2.75) is 32.4 Å². The van der Waals surface area contributed by atoms with Gasteiger partial charge < -0.3 is 15.0 Å². The van der Waals surface area contributed by atoms with E-state index in [2.05, 4.69) is 5.32 Å². The van der Waals surface area contributed by atoms with Crippen molar-refractivity contribution >= 4 is 17.5 Å². The summed E-state index contributed by atoms with van der Waals surface area (Å²) in [5.41, 5.74) is 3.00. The van der Waals surface area contributed by atoms with Gasteiger partial charge >= 0.3 is 0 Å². The van der Waals surface area contributed by atoms with Gasteiger partial charge in [0.15, 0.2) is 6.10 Å². The summed E-state index contributed by atoms with van der Waals surface area (Å²) in [7, 11) is 0. The van der Waals surface area contributed by atoms with Gasteiger partial charge in [-0.15, -0.1) is 0 Å². The van der Waals surface area contributed by atoms with Gasteiger partial charge in [-0.1, -0.05) is 37.3 Å². The molecule has 1 unspecified atom stereocenters. The lowest BCUT2D eigenvalue weighted by Crippen LogP contribution is -2.40. The Hall–Kier alpha value is -3.67. The highest BCUT2D eigenvalue weighted by atomic mass is 19.1.